The van der Waals surface area contributed by atoms with Gasteiger partial charge in [-0.1, -0.05) is 44.2 Å². The molecule has 0 bridgehead atoms. The highest BCUT2D eigenvalue weighted by Gasteiger charge is 2.09. The van der Waals surface area contributed by atoms with Gasteiger partial charge in [-0.2, -0.15) is 0 Å². The van der Waals surface area contributed by atoms with E-state index in [0.717, 1.165) is 30.5 Å². The molecule has 2 rings (SSSR count). The summed E-state index contributed by atoms with van der Waals surface area (Å²) in [5, 5.41) is 3.55. The lowest BCUT2D eigenvalue weighted by Gasteiger charge is -2.18. The molecule has 0 amide bonds. The second kappa shape index (κ2) is 7.20. The summed E-state index contributed by atoms with van der Waals surface area (Å²) in [6.45, 7) is 5.37. The first kappa shape index (κ1) is 14.7. The van der Waals surface area contributed by atoms with E-state index in [1.54, 1.807) is 12.1 Å². The Balaban J connectivity index is 2.27. The molecule has 20 heavy (non-hydrogen) atoms. The monoisotopic (exact) mass is 271 g/mol. The summed E-state index contributed by atoms with van der Waals surface area (Å²) in [4.78, 5) is 0. The Morgan fingerprint density at radius 2 is 1.70 bits per heavy atom. The van der Waals surface area contributed by atoms with Crippen LogP contribution in [0.15, 0.2) is 48.5 Å². The lowest BCUT2D eigenvalue weighted by molar-refractivity contribution is 0.518. The van der Waals surface area contributed by atoms with Crippen molar-refractivity contribution < 1.29 is 4.39 Å². The zero-order valence-electron chi connectivity index (χ0n) is 12.2. The fourth-order valence-corrected chi connectivity index (χ4v) is 2.42. The predicted molar refractivity (Wildman–Crippen MR) is 83.2 cm³/mol. The third-order valence-corrected chi connectivity index (χ3v) is 3.50. The van der Waals surface area contributed by atoms with E-state index < -0.39 is 0 Å². The van der Waals surface area contributed by atoms with Crippen LogP contribution < -0.4 is 5.32 Å². The number of benzene rings is 2. The van der Waals surface area contributed by atoms with Crippen molar-refractivity contribution in [3.63, 3.8) is 0 Å². The molecule has 1 N–H and O–H groups in total. The van der Waals surface area contributed by atoms with E-state index >= 15 is 0 Å². The van der Waals surface area contributed by atoms with Crippen molar-refractivity contribution in [2.75, 3.05) is 6.54 Å². The normalized spacial score (nSPS) is 12.3. The van der Waals surface area contributed by atoms with E-state index in [2.05, 4.69) is 31.3 Å². The lowest BCUT2D eigenvalue weighted by atomic mass is 9.98. The second-order valence-corrected chi connectivity index (χ2v) is 5.05. The first-order valence-electron chi connectivity index (χ1n) is 7.34. The topological polar surface area (TPSA) is 12.0 Å². The molecule has 0 fully saturated rings. The van der Waals surface area contributed by atoms with Crippen LogP contribution in [-0.2, 0) is 0 Å². The van der Waals surface area contributed by atoms with Crippen molar-refractivity contribution in [1.29, 1.82) is 0 Å². The fraction of sp³-hybridized carbons (Fsp3) is 0.333. The number of hydrogen-bond acceptors (Lipinski definition) is 1. The average Bonchev–Trinajstić information content (AvgIpc) is 2.48. The maximum absolute atomic E-state index is 13.3. The summed E-state index contributed by atoms with van der Waals surface area (Å²) in [7, 11) is 0. The Kier molecular flexibility index (Phi) is 5.31. The molecule has 2 heteroatoms. The predicted octanol–water partition coefficient (Wildman–Crippen LogP) is 4.94. The molecule has 0 heterocycles. The van der Waals surface area contributed by atoms with E-state index in [0.29, 0.717) is 6.04 Å². The second-order valence-electron chi connectivity index (χ2n) is 5.05. The van der Waals surface area contributed by atoms with Crippen LogP contribution in [0.4, 0.5) is 4.39 Å². The summed E-state index contributed by atoms with van der Waals surface area (Å²) in [6.07, 6.45) is 2.17. The number of halogens is 1. The van der Waals surface area contributed by atoms with Gasteiger partial charge < -0.3 is 5.32 Å². The highest BCUT2D eigenvalue weighted by molar-refractivity contribution is 5.64. The van der Waals surface area contributed by atoms with Crippen molar-refractivity contribution in [1.82, 2.24) is 5.32 Å². The number of rotatable bonds is 6. The number of hydrogen-bond donors (Lipinski definition) is 1. The van der Waals surface area contributed by atoms with Crippen LogP contribution >= 0.6 is 0 Å². The SMILES string of the molecule is CCCNC(CC)c1cccc(-c2cccc(F)c2)c1. The maximum atomic E-state index is 13.3. The minimum atomic E-state index is -0.191. The minimum Gasteiger partial charge on any atom is -0.310 e. The third kappa shape index (κ3) is 3.67. The first-order chi connectivity index (χ1) is 9.74. The molecule has 0 aliphatic rings. The van der Waals surface area contributed by atoms with E-state index in [4.69, 9.17) is 0 Å². The van der Waals surface area contributed by atoms with Crippen LogP contribution in [0.5, 0.6) is 0 Å². The van der Waals surface area contributed by atoms with Gasteiger partial charge in [0.2, 0.25) is 0 Å². The van der Waals surface area contributed by atoms with Crippen LogP contribution in [0.2, 0.25) is 0 Å². The van der Waals surface area contributed by atoms with Gasteiger partial charge in [0, 0.05) is 6.04 Å². The van der Waals surface area contributed by atoms with Gasteiger partial charge in [0.05, 0.1) is 0 Å². The molecule has 0 aromatic heterocycles. The average molecular weight is 271 g/mol. The highest BCUT2D eigenvalue weighted by Crippen LogP contribution is 2.25. The summed E-state index contributed by atoms with van der Waals surface area (Å²) in [5.41, 5.74) is 3.26. The van der Waals surface area contributed by atoms with Crippen molar-refractivity contribution in [3.05, 3.63) is 59.9 Å². The third-order valence-electron chi connectivity index (χ3n) is 3.50. The smallest absolute Gasteiger partial charge is 0.123 e. The minimum absolute atomic E-state index is 0.191. The van der Waals surface area contributed by atoms with Crippen LogP contribution in [0, 0.1) is 5.82 Å². The van der Waals surface area contributed by atoms with Crippen molar-refractivity contribution in [2.24, 2.45) is 0 Å². The zero-order valence-corrected chi connectivity index (χ0v) is 12.2. The molecule has 0 aliphatic heterocycles. The molecular weight excluding hydrogens is 249 g/mol. The molecule has 0 aliphatic carbocycles. The zero-order chi connectivity index (χ0) is 14.4. The first-order valence-corrected chi connectivity index (χ1v) is 7.34. The molecule has 2 aromatic carbocycles. The van der Waals surface area contributed by atoms with Crippen molar-refractivity contribution >= 4 is 0 Å². The Labute approximate surface area is 120 Å². The van der Waals surface area contributed by atoms with Crippen LogP contribution in [0.3, 0.4) is 0 Å². The van der Waals surface area contributed by atoms with Gasteiger partial charge >= 0.3 is 0 Å². The van der Waals surface area contributed by atoms with E-state index in [1.165, 1.54) is 11.6 Å². The quantitative estimate of drug-likeness (QED) is 0.784. The molecule has 0 spiro atoms. The largest absolute Gasteiger partial charge is 0.310 e. The van der Waals surface area contributed by atoms with Gasteiger partial charge in [-0.3, -0.25) is 0 Å². The van der Waals surface area contributed by atoms with Crippen LogP contribution in [0.25, 0.3) is 11.1 Å². The molecule has 1 unspecified atom stereocenters. The Morgan fingerprint density at radius 1 is 1.00 bits per heavy atom. The van der Waals surface area contributed by atoms with Gasteiger partial charge in [-0.15, -0.1) is 0 Å². The summed E-state index contributed by atoms with van der Waals surface area (Å²) in [5.74, 6) is -0.191. The molecule has 1 atom stereocenters. The van der Waals surface area contributed by atoms with E-state index in [1.807, 2.05) is 18.2 Å². The Hall–Kier alpha value is -1.67. The maximum Gasteiger partial charge on any atom is 0.123 e. The van der Waals surface area contributed by atoms with E-state index in [9.17, 15) is 4.39 Å². The summed E-state index contributed by atoms with van der Waals surface area (Å²) < 4.78 is 13.3. The molecule has 1 nitrogen and oxygen atoms in total. The van der Waals surface area contributed by atoms with Crippen molar-refractivity contribution in [3.8, 4) is 11.1 Å². The Morgan fingerprint density at radius 3 is 2.35 bits per heavy atom. The molecule has 0 saturated heterocycles. The summed E-state index contributed by atoms with van der Waals surface area (Å²) >= 11 is 0. The van der Waals surface area contributed by atoms with Gasteiger partial charge in [0.15, 0.2) is 0 Å². The lowest BCUT2D eigenvalue weighted by Crippen LogP contribution is -2.21. The van der Waals surface area contributed by atoms with E-state index in [-0.39, 0.29) is 5.82 Å². The molecule has 0 saturated carbocycles. The van der Waals surface area contributed by atoms with Gasteiger partial charge in [0.25, 0.3) is 0 Å². The summed E-state index contributed by atoms with van der Waals surface area (Å²) in [6, 6.07) is 15.5. The standard InChI is InChI=1S/C18H22FN/c1-3-11-20-18(4-2)16-9-5-7-14(12-16)15-8-6-10-17(19)13-15/h5-10,12-13,18,20H,3-4,11H2,1-2H3. The van der Waals surface area contributed by atoms with Crippen LogP contribution in [-0.4, -0.2) is 6.54 Å². The number of nitrogens with one attached hydrogen (secondary N) is 1. The van der Waals surface area contributed by atoms with Gasteiger partial charge in [-0.05, 0) is 54.3 Å². The molecule has 106 valence electrons. The van der Waals surface area contributed by atoms with Gasteiger partial charge in [0.1, 0.15) is 5.82 Å². The van der Waals surface area contributed by atoms with Crippen molar-refractivity contribution in [2.45, 2.75) is 32.7 Å². The molecule has 2 aromatic rings. The molecule has 0 radical (unpaired) electrons. The molecular formula is C18H22FN. The fourth-order valence-electron chi connectivity index (χ4n) is 2.42. The van der Waals surface area contributed by atoms with Crippen LogP contribution in [0.1, 0.15) is 38.3 Å². The van der Waals surface area contributed by atoms with Gasteiger partial charge in [-0.25, -0.2) is 4.39 Å². The highest BCUT2D eigenvalue weighted by atomic mass is 19.1. The Bertz CT molecular complexity index is 551.